The second-order valence-electron chi connectivity index (χ2n) is 6.36. The topological polar surface area (TPSA) is 47.6 Å². The number of ether oxygens (including phenoxy) is 2. The number of methoxy groups -OCH3 is 1. The number of likely N-dealkylation sites (N-methyl/N-ethyl adjacent to an activating group) is 1. The van der Waals surface area contributed by atoms with Gasteiger partial charge in [0.2, 0.25) is 0 Å². The van der Waals surface area contributed by atoms with Crippen molar-refractivity contribution in [2.24, 2.45) is 5.92 Å². The molecule has 1 unspecified atom stereocenters. The maximum Gasteiger partial charge on any atom is 0.293 e. The van der Waals surface area contributed by atoms with Gasteiger partial charge in [0, 0.05) is 11.5 Å². The molecule has 0 heterocycles. The Hall–Kier alpha value is -2.77. The molecule has 26 heavy (non-hydrogen) atoms. The predicted molar refractivity (Wildman–Crippen MR) is 101 cm³/mol. The lowest BCUT2D eigenvalue weighted by molar-refractivity contribution is -0.135. The van der Waals surface area contributed by atoms with E-state index in [2.05, 4.69) is 23.2 Å². The first-order valence-corrected chi connectivity index (χ1v) is 8.77. The summed E-state index contributed by atoms with van der Waals surface area (Å²) in [5, 5.41) is 3.27. The van der Waals surface area contributed by atoms with Gasteiger partial charge in [0.05, 0.1) is 13.2 Å². The number of carbonyl (C=O) groups is 1. The number of nitrogens with one attached hydrogen (secondary N) is 1. The predicted octanol–water partition coefficient (Wildman–Crippen LogP) is 3.63. The molecule has 0 aromatic heterocycles. The van der Waals surface area contributed by atoms with Gasteiger partial charge in [-0.15, -0.1) is 0 Å². The van der Waals surface area contributed by atoms with Gasteiger partial charge in [-0.2, -0.15) is 0 Å². The van der Waals surface area contributed by atoms with Gasteiger partial charge in [0.15, 0.2) is 0 Å². The number of hydrogen-bond acceptors (Lipinski definition) is 4. The minimum atomic E-state index is -0.473. The van der Waals surface area contributed by atoms with E-state index in [4.69, 9.17) is 9.47 Å². The normalized spacial score (nSPS) is 15.3. The molecule has 0 aliphatic heterocycles. The Kier molecular flexibility index (Phi) is 5.93. The molecule has 0 amide bonds. The van der Waals surface area contributed by atoms with Crippen LogP contribution in [0.5, 0.6) is 5.75 Å². The zero-order chi connectivity index (χ0) is 18.4. The fourth-order valence-electron chi connectivity index (χ4n) is 2.94. The Bertz CT molecular complexity index is 817. The highest BCUT2D eigenvalue weighted by molar-refractivity contribution is 5.43. The summed E-state index contributed by atoms with van der Waals surface area (Å²) in [7, 11) is 3.47. The van der Waals surface area contributed by atoms with Crippen LogP contribution in [0.1, 0.15) is 41.7 Å². The molecular weight excluding hydrogens is 326 g/mol. The average Bonchev–Trinajstić information content (AvgIpc) is 3.51. The summed E-state index contributed by atoms with van der Waals surface area (Å²) >= 11 is 0. The Labute approximate surface area is 154 Å². The monoisotopic (exact) mass is 349 g/mol. The Morgan fingerprint density at radius 3 is 2.62 bits per heavy atom. The molecule has 0 saturated heterocycles. The lowest BCUT2D eigenvalue weighted by Crippen LogP contribution is -2.25. The van der Waals surface area contributed by atoms with Crippen molar-refractivity contribution in [2.45, 2.75) is 25.0 Å². The molecule has 1 fully saturated rings. The molecule has 0 bridgehead atoms. The molecule has 3 rings (SSSR count). The zero-order valence-corrected chi connectivity index (χ0v) is 15.1. The van der Waals surface area contributed by atoms with Crippen molar-refractivity contribution in [3.63, 3.8) is 0 Å². The third-order valence-electron chi connectivity index (χ3n) is 4.48. The molecule has 1 aliphatic carbocycles. The number of hydrogen-bond donors (Lipinski definition) is 1. The number of benzene rings is 2. The van der Waals surface area contributed by atoms with E-state index in [0.29, 0.717) is 12.4 Å². The van der Waals surface area contributed by atoms with Crippen molar-refractivity contribution < 1.29 is 14.3 Å². The van der Waals surface area contributed by atoms with E-state index in [1.807, 2.05) is 49.5 Å². The Balaban J connectivity index is 1.92. The number of carbonyl (C=O) groups excluding carboxylic acids is 1. The smallest absolute Gasteiger partial charge is 0.293 e. The van der Waals surface area contributed by atoms with Gasteiger partial charge < -0.3 is 14.8 Å². The molecule has 4 heteroatoms. The van der Waals surface area contributed by atoms with Crippen molar-refractivity contribution in [2.75, 3.05) is 14.2 Å². The highest BCUT2D eigenvalue weighted by atomic mass is 16.5. The van der Waals surface area contributed by atoms with E-state index < -0.39 is 6.10 Å². The van der Waals surface area contributed by atoms with Crippen LogP contribution in [0.3, 0.4) is 0 Å². The first kappa shape index (κ1) is 18.0. The molecule has 4 nitrogen and oxygen atoms in total. The van der Waals surface area contributed by atoms with E-state index in [0.717, 1.165) is 22.4 Å². The van der Waals surface area contributed by atoms with Crippen LogP contribution in [0, 0.1) is 17.8 Å². The Morgan fingerprint density at radius 2 is 1.92 bits per heavy atom. The minimum absolute atomic E-state index is 0.199. The fourth-order valence-corrected chi connectivity index (χ4v) is 2.94. The summed E-state index contributed by atoms with van der Waals surface area (Å²) in [6, 6.07) is 15.4. The van der Waals surface area contributed by atoms with E-state index in [1.165, 1.54) is 12.8 Å². The van der Waals surface area contributed by atoms with Crippen molar-refractivity contribution in [3.8, 4) is 17.6 Å². The van der Waals surface area contributed by atoms with E-state index in [-0.39, 0.29) is 6.04 Å². The lowest BCUT2D eigenvalue weighted by atomic mass is 9.94. The highest BCUT2D eigenvalue weighted by Gasteiger charge is 2.26. The molecule has 1 N–H and O–H groups in total. The van der Waals surface area contributed by atoms with Gasteiger partial charge >= 0.3 is 0 Å². The summed E-state index contributed by atoms with van der Waals surface area (Å²) < 4.78 is 10.7. The van der Waals surface area contributed by atoms with Crippen LogP contribution in [-0.4, -0.2) is 20.6 Å². The highest BCUT2D eigenvalue weighted by Crippen LogP contribution is 2.33. The first-order valence-electron chi connectivity index (χ1n) is 8.77. The van der Waals surface area contributed by atoms with Crippen molar-refractivity contribution >= 4 is 6.47 Å². The maximum atomic E-state index is 11.1. The quantitative estimate of drug-likeness (QED) is 0.612. The van der Waals surface area contributed by atoms with Crippen LogP contribution in [0.15, 0.2) is 48.5 Å². The molecule has 1 saturated carbocycles. The maximum absolute atomic E-state index is 11.1. The largest absolute Gasteiger partial charge is 0.497 e. The van der Waals surface area contributed by atoms with E-state index in [1.54, 1.807) is 7.11 Å². The van der Waals surface area contributed by atoms with Crippen molar-refractivity contribution in [3.05, 3.63) is 65.2 Å². The minimum Gasteiger partial charge on any atom is -0.497 e. The third kappa shape index (κ3) is 4.44. The molecule has 0 spiro atoms. The van der Waals surface area contributed by atoms with Gasteiger partial charge in [-0.25, -0.2) is 0 Å². The zero-order valence-electron chi connectivity index (χ0n) is 15.1. The summed E-state index contributed by atoms with van der Waals surface area (Å²) in [5.74, 6) is 7.81. The summed E-state index contributed by atoms with van der Waals surface area (Å²) in [5.41, 5.74) is 2.86. The van der Waals surface area contributed by atoms with Gasteiger partial charge in [-0.05, 0) is 55.3 Å². The van der Waals surface area contributed by atoms with Crippen LogP contribution in [0.25, 0.3) is 0 Å². The van der Waals surface area contributed by atoms with Gasteiger partial charge in [0.25, 0.3) is 6.47 Å². The van der Waals surface area contributed by atoms with Gasteiger partial charge in [0.1, 0.15) is 11.9 Å². The fraction of sp³-hybridized carbons (Fsp3) is 0.318. The molecule has 0 radical (unpaired) electrons. The van der Waals surface area contributed by atoms with Crippen LogP contribution in [0.2, 0.25) is 0 Å². The second-order valence-corrected chi connectivity index (χ2v) is 6.36. The van der Waals surface area contributed by atoms with Crippen LogP contribution >= 0.6 is 0 Å². The summed E-state index contributed by atoms with van der Waals surface area (Å²) in [6.45, 7) is 0.491. The van der Waals surface area contributed by atoms with Crippen molar-refractivity contribution in [1.82, 2.24) is 5.32 Å². The third-order valence-corrected chi connectivity index (χ3v) is 4.48. The van der Waals surface area contributed by atoms with Crippen LogP contribution in [0.4, 0.5) is 0 Å². The Morgan fingerprint density at radius 1 is 1.15 bits per heavy atom. The summed E-state index contributed by atoms with van der Waals surface area (Å²) in [6.07, 6.45) is 1.94. The molecule has 134 valence electrons. The van der Waals surface area contributed by atoms with Crippen LogP contribution in [-0.2, 0) is 9.53 Å². The summed E-state index contributed by atoms with van der Waals surface area (Å²) in [4.78, 5) is 11.1. The molecule has 1 aliphatic rings. The second kappa shape index (κ2) is 8.55. The van der Waals surface area contributed by atoms with Crippen LogP contribution < -0.4 is 10.1 Å². The molecular formula is C22H23NO3. The first-order chi connectivity index (χ1) is 12.7. The average molecular weight is 349 g/mol. The molecule has 2 atom stereocenters. The van der Waals surface area contributed by atoms with E-state index in [9.17, 15) is 4.79 Å². The van der Waals surface area contributed by atoms with Gasteiger partial charge in [-0.3, -0.25) is 4.79 Å². The SMILES string of the molecule is CNC(c1cccc(C#CC2CC2)c1)[C@H](OC=O)c1cccc(OC)c1. The van der Waals surface area contributed by atoms with Gasteiger partial charge in [-0.1, -0.05) is 36.1 Å². The van der Waals surface area contributed by atoms with Crippen molar-refractivity contribution in [1.29, 1.82) is 0 Å². The van der Waals surface area contributed by atoms with E-state index >= 15 is 0 Å². The number of rotatable bonds is 7. The molecule has 2 aromatic rings. The molecule has 2 aromatic carbocycles. The lowest BCUT2D eigenvalue weighted by Gasteiger charge is -2.26. The standard InChI is InChI=1S/C22H23NO3/c1-23-21(18-6-3-5-17(13-18)12-11-16-9-10-16)22(26-15-24)19-7-4-8-20(14-19)25-2/h3-8,13-16,21-23H,9-10H2,1-2H3/t21?,22-/m1/s1.